The first-order valence-corrected chi connectivity index (χ1v) is 11.9. The minimum Gasteiger partial charge on any atom is -0.491 e. The van der Waals surface area contributed by atoms with Gasteiger partial charge in [0.15, 0.2) is 0 Å². The lowest BCUT2D eigenvalue weighted by Gasteiger charge is -2.19. The van der Waals surface area contributed by atoms with Gasteiger partial charge in [0.05, 0.1) is 13.2 Å². The van der Waals surface area contributed by atoms with E-state index in [0.29, 0.717) is 11.5 Å². The molecule has 0 radical (unpaired) electrons. The molecule has 0 aliphatic heterocycles. The molecular formula is C32H26O4. The zero-order valence-corrected chi connectivity index (χ0v) is 19.8. The molecule has 0 heterocycles. The monoisotopic (exact) mass is 474 g/mol. The van der Waals surface area contributed by atoms with E-state index >= 15 is 0 Å². The Morgan fingerprint density at radius 3 is 1.81 bits per heavy atom. The molecule has 0 aromatic heterocycles. The third-order valence-electron chi connectivity index (χ3n) is 5.95. The van der Waals surface area contributed by atoms with Crippen LogP contribution < -0.4 is 9.47 Å². The van der Waals surface area contributed by atoms with Crippen LogP contribution in [0.2, 0.25) is 0 Å². The van der Waals surface area contributed by atoms with Crippen LogP contribution in [0.3, 0.4) is 0 Å². The van der Waals surface area contributed by atoms with E-state index in [-0.39, 0.29) is 26.4 Å². The molecule has 0 unspecified atom stereocenters. The number of aliphatic hydroxyl groups excluding tert-OH is 2. The zero-order chi connectivity index (χ0) is 24.7. The normalized spacial score (nSPS) is 10.7. The third kappa shape index (κ3) is 4.89. The summed E-state index contributed by atoms with van der Waals surface area (Å²) in [4.78, 5) is 0. The van der Waals surface area contributed by atoms with Crippen LogP contribution in [-0.2, 0) is 0 Å². The Kier molecular flexibility index (Phi) is 7.14. The first-order valence-electron chi connectivity index (χ1n) is 11.9. The Balaban J connectivity index is 1.72. The molecule has 0 fully saturated rings. The number of hydrogen-bond donors (Lipinski definition) is 2. The van der Waals surface area contributed by atoms with Gasteiger partial charge in [-0.1, -0.05) is 72.5 Å². The third-order valence-corrected chi connectivity index (χ3v) is 5.95. The van der Waals surface area contributed by atoms with Gasteiger partial charge in [-0.15, -0.1) is 0 Å². The molecule has 2 N–H and O–H groups in total. The minimum absolute atomic E-state index is 0.0842. The van der Waals surface area contributed by atoms with Crippen molar-refractivity contribution in [2.24, 2.45) is 0 Å². The van der Waals surface area contributed by atoms with Crippen LogP contribution in [0.15, 0.2) is 97.1 Å². The molecule has 0 bridgehead atoms. The second kappa shape index (κ2) is 11.0. The maximum Gasteiger partial charge on any atom is 0.128 e. The van der Waals surface area contributed by atoms with Gasteiger partial charge < -0.3 is 19.7 Å². The van der Waals surface area contributed by atoms with Crippen molar-refractivity contribution in [2.75, 3.05) is 26.4 Å². The molecule has 4 heteroatoms. The van der Waals surface area contributed by atoms with Crippen molar-refractivity contribution >= 4 is 21.5 Å². The SMILES string of the molecule is OCCOc1ccc2ccccc2c1-c1c(OCCO)ccc2cc(C#Cc3ccccc3)ccc12. The fourth-order valence-corrected chi connectivity index (χ4v) is 4.37. The number of benzene rings is 5. The van der Waals surface area contributed by atoms with E-state index in [2.05, 4.69) is 36.1 Å². The Bertz CT molecular complexity index is 1560. The van der Waals surface area contributed by atoms with Crippen LogP contribution in [0.4, 0.5) is 0 Å². The molecule has 0 atom stereocenters. The Morgan fingerprint density at radius 1 is 0.528 bits per heavy atom. The van der Waals surface area contributed by atoms with Gasteiger partial charge in [-0.3, -0.25) is 0 Å². The number of hydrogen-bond acceptors (Lipinski definition) is 4. The van der Waals surface area contributed by atoms with E-state index in [0.717, 1.165) is 43.8 Å². The molecule has 0 saturated carbocycles. The summed E-state index contributed by atoms with van der Waals surface area (Å²) in [6, 6.07) is 32.1. The molecule has 0 amide bonds. The number of rotatable bonds is 7. The summed E-state index contributed by atoms with van der Waals surface area (Å²) in [7, 11) is 0. The van der Waals surface area contributed by atoms with E-state index in [1.165, 1.54) is 0 Å². The standard InChI is InChI=1S/C32H26O4/c33-18-20-35-29-16-13-25-8-4-5-9-27(25)31(29)32-28-15-12-24(11-10-23-6-2-1-3-7-23)22-26(28)14-17-30(32)36-21-19-34/h1-9,12-17,22,33-34H,18-21H2. The van der Waals surface area contributed by atoms with E-state index in [9.17, 15) is 10.2 Å². The van der Waals surface area contributed by atoms with E-state index in [1.807, 2.05) is 72.8 Å². The molecule has 5 rings (SSSR count). The number of ether oxygens (including phenoxy) is 2. The summed E-state index contributed by atoms with van der Waals surface area (Å²) in [6.07, 6.45) is 0. The van der Waals surface area contributed by atoms with E-state index in [1.54, 1.807) is 0 Å². The summed E-state index contributed by atoms with van der Waals surface area (Å²) in [5, 5.41) is 22.9. The van der Waals surface area contributed by atoms with Crippen molar-refractivity contribution in [3.63, 3.8) is 0 Å². The lowest BCUT2D eigenvalue weighted by molar-refractivity contribution is 0.200. The topological polar surface area (TPSA) is 58.9 Å². The summed E-state index contributed by atoms with van der Waals surface area (Å²) in [6.45, 7) is 0.187. The average molecular weight is 475 g/mol. The first-order chi connectivity index (χ1) is 17.8. The molecule has 5 aromatic carbocycles. The smallest absolute Gasteiger partial charge is 0.128 e. The van der Waals surface area contributed by atoms with E-state index in [4.69, 9.17) is 9.47 Å². The molecule has 0 aliphatic carbocycles. The van der Waals surface area contributed by atoms with Gasteiger partial charge in [0, 0.05) is 22.3 Å². The maximum absolute atomic E-state index is 9.44. The largest absolute Gasteiger partial charge is 0.491 e. The summed E-state index contributed by atoms with van der Waals surface area (Å²) in [5.74, 6) is 7.81. The van der Waals surface area contributed by atoms with Gasteiger partial charge in [-0.05, 0) is 57.9 Å². The van der Waals surface area contributed by atoms with Crippen LogP contribution in [0, 0.1) is 11.8 Å². The predicted molar refractivity (Wildman–Crippen MR) is 144 cm³/mol. The second-order valence-corrected chi connectivity index (χ2v) is 8.29. The highest BCUT2D eigenvalue weighted by atomic mass is 16.5. The van der Waals surface area contributed by atoms with Gasteiger partial charge in [0.1, 0.15) is 24.7 Å². The van der Waals surface area contributed by atoms with Crippen molar-refractivity contribution in [1.82, 2.24) is 0 Å². The molecule has 5 aromatic rings. The zero-order valence-electron chi connectivity index (χ0n) is 19.8. The molecule has 178 valence electrons. The predicted octanol–water partition coefficient (Wildman–Crippen LogP) is 5.80. The highest BCUT2D eigenvalue weighted by Gasteiger charge is 2.19. The lowest BCUT2D eigenvalue weighted by atomic mass is 9.91. The van der Waals surface area contributed by atoms with E-state index < -0.39 is 0 Å². The molecule has 4 nitrogen and oxygen atoms in total. The Morgan fingerprint density at radius 2 is 1.11 bits per heavy atom. The summed E-state index contributed by atoms with van der Waals surface area (Å²) < 4.78 is 12.0. The summed E-state index contributed by atoms with van der Waals surface area (Å²) in [5.41, 5.74) is 3.65. The van der Waals surface area contributed by atoms with Crippen molar-refractivity contribution in [3.05, 3.63) is 108 Å². The second-order valence-electron chi connectivity index (χ2n) is 8.29. The number of fused-ring (bicyclic) bond motifs is 2. The quantitative estimate of drug-likeness (QED) is 0.293. The molecular weight excluding hydrogens is 448 g/mol. The van der Waals surface area contributed by atoms with Gasteiger partial charge in [-0.2, -0.15) is 0 Å². The number of aliphatic hydroxyl groups is 2. The van der Waals surface area contributed by atoms with Crippen LogP contribution in [0.1, 0.15) is 11.1 Å². The van der Waals surface area contributed by atoms with Crippen molar-refractivity contribution < 1.29 is 19.7 Å². The Labute approximate surface area is 210 Å². The van der Waals surface area contributed by atoms with Crippen molar-refractivity contribution in [1.29, 1.82) is 0 Å². The van der Waals surface area contributed by atoms with Crippen LogP contribution >= 0.6 is 0 Å². The van der Waals surface area contributed by atoms with Crippen LogP contribution in [-0.4, -0.2) is 36.6 Å². The Hall–Kier alpha value is -4.30. The van der Waals surface area contributed by atoms with Crippen molar-refractivity contribution in [3.8, 4) is 34.5 Å². The van der Waals surface area contributed by atoms with Crippen molar-refractivity contribution in [2.45, 2.75) is 0 Å². The molecule has 0 aliphatic rings. The van der Waals surface area contributed by atoms with Gasteiger partial charge in [-0.25, -0.2) is 0 Å². The van der Waals surface area contributed by atoms with Gasteiger partial charge in [0.25, 0.3) is 0 Å². The molecule has 0 saturated heterocycles. The lowest BCUT2D eigenvalue weighted by Crippen LogP contribution is -2.05. The first kappa shape index (κ1) is 23.4. The maximum atomic E-state index is 9.44. The highest BCUT2D eigenvalue weighted by molar-refractivity contribution is 6.10. The molecule has 0 spiro atoms. The van der Waals surface area contributed by atoms with Crippen LogP contribution in [0.25, 0.3) is 32.7 Å². The van der Waals surface area contributed by atoms with Crippen LogP contribution in [0.5, 0.6) is 11.5 Å². The van der Waals surface area contributed by atoms with Gasteiger partial charge >= 0.3 is 0 Å². The van der Waals surface area contributed by atoms with Gasteiger partial charge in [0.2, 0.25) is 0 Å². The fourth-order valence-electron chi connectivity index (χ4n) is 4.37. The average Bonchev–Trinajstić information content (AvgIpc) is 2.93. The minimum atomic E-state index is -0.0884. The fraction of sp³-hybridized carbons (Fsp3) is 0.125. The summed E-state index contributed by atoms with van der Waals surface area (Å²) >= 11 is 0. The highest BCUT2D eigenvalue weighted by Crippen LogP contribution is 2.45. The molecule has 36 heavy (non-hydrogen) atoms.